The van der Waals surface area contributed by atoms with E-state index in [2.05, 4.69) is 22.9 Å². The van der Waals surface area contributed by atoms with Crippen molar-refractivity contribution in [1.29, 1.82) is 0 Å². The van der Waals surface area contributed by atoms with Gasteiger partial charge in [-0.3, -0.25) is 9.59 Å². The highest BCUT2D eigenvalue weighted by molar-refractivity contribution is 6.00. The molecule has 0 bridgehead atoms. The zero-order valence-electron chi connectivity index (χ0n) is 16.1. The number of fused-ring (bicyclic) bond motifs is 1. The van der Waals surface area contributed by atoms with Crippen molar-refractivity contribution < 1.29 is 9.59 Å². The Morgan fingerprint density at radius 2 is 1.96 bits per heavy atom. The van der Waals surface area contributed by atoms with E-state index in [9.17, 15) is 9.59 Å². The van der Waals surface area contributed by atoms with E-state index >= 15 is 0 Å². The van der Waals surface area contributed by atoms with Crippen molar-refractivity contribution in [3.63, 3.8) is 0 Å². The highest BCUT2D eigenvalue weighted by atomic mass is 16.2. The molecular weight excluding hydrogens is 326 g/mol. The van der Waals surface area contributed by atoms with Gasteiger partial charge in [-0.05, 0) is 46.2 Å². The van der Waals surface area contributed by atoms with Gasteiger partial charge in [-0.1, -0.05) is 35.4 Å². The number of hydrogen-bond donors (Lipinski definition) is 3. The molecule has 3 rings (SSSR count). The zero-order chi connectivity index (χ0) is 18.8. The molecule has 0 aliphatic carbocycles. The summed E-state index contributed by atoms with van der Waals surface area (Å²) in [4.78, 5) is 25.1. The molecule has 1 saturated heterocycles. The number of benzene rings is 1. The fourth-order valence-electron chi connectivity index (χ4n) is 4.21. The maximum absolute atomic E-state index is 12.6. The van der Waals surface area contributed by atoms with Crippen LogP contribution in [0.5, 0.6) is 0 Å². The largest absolute Gasteiger partial charge is 0.349 e. The molecule has 5 heteroatoms. The van der Waals surface area contributed by atoms with Gasteiger partial charge >= 0.3 is 0 Å². The molecule has 2 heterocycles. The lowest BCUT2D eigenvalue weighted by Crippen LogP contribution is -2.57. The van der Waals surface area contributed by atoms with E-state index in [-0.39, 0.29) is 36.2 Å². The number of amides is 2. The molecule has 0 spiro atoms. The predicted octanol–water partition coefficient (Wildman–Crippen LogP) is 2.38. The van der Waals surface area contributed by atoms with Crippen LogP contribution in [0.3, 0.4) is 0 Å². The molecule has 0 aromatic heterocycles. The first-order valence-electron chi connectivity index (χ1n) is 9.46. The Balaban J connectivity index is 1.70. The third-order valence-electron chi connectivity index (χ3n) is 5.75. The minimum atomic E-state index is -0.113. The van der Waals surface area contributed by atoms with Gasteiger partial charge in [0.05, 0.1) is 12.5 Å². The Labute approximate surface area is 155 Å². The van der Waals surface area contributed by atoms with Gasteiger partial charge in [0.1, 0.15) is 0 Å². The number of rotatable bonds is 4. The molecule has 2 aliphatic heterocycles. The molecule has 140 valence electrons. The quantitative estimate of drug-likeness (QED) is 0.777. The third kappa shape index (κ3) is 3.83. The third-order valence-corrected chi connectivity index (χ3v) is 5.75. The normalized spacial score (nSPS) is 26.8. The van der Waals surface area contributed by atoms with Crippen molar-refractivity contribution >= 4 is 11.8 Å². The molecule has 3 N–H and O–H groups in total. The van der Waals surface area contributed by atoms with Crippen LogP contribution in [-0.2, 0) is 9.59 Å². The molecule has 2 amide bonds. The van der Waals surface area contributed by atoms with E-state index < -0.39 is 0 Å². The lowest BCUT2D eigenvalue weighted by atomic mass is 9.76. The molecular formula is C21H29N3O2. The van der Waals surface area contributed by atoms with Crippen LogP contribution in [0.1, 0.15) is 50.8 Å². The molecule has 1 fully saturated rings. The van der Waals surface area contributed by atoms with Gasteiger partial charge in [0.2, 0.25) is 11.8 Å². The van der Waals surface area contributed by atoms with Crippen molar-refractivity contribution in [2.24, 2.45) is 5.92 Å². The van der Waals surface area contributed by atoms with E-state index in [0.717, 1.165) is 24.1 Å². The summed E-state index contributed by atoms with van der Waals surface area (Å²) in [5, 5.41) is 9.60. The zero-order valence-corrected chi connectivity index (χ0v) is 16.1. The molecule has 1 aromatic carbocycles. The smallest absolute Gasteiger partial charge is 0.247 e. The molecule has 0 radical (unpaired) electrons. The molecule has 4 atom stereocenters. The van der Waals surface area contributed by atoms with Crippen LogP contribution in [-0.4, -0.2) is 30.4 Å². The highest BCUT2D eigenvalue weighted by Crippen LogP contribution is 2.32. The number of piperidine rings is 1. The van der Waals surface area contributed by atoms with Crippen LogP contribution in [0.25, 0.3) is 0 Å². The number of carbonyl (C=O) groups excluding carboxylic acids is 2. The van der Waals surface area contributed by atoms with Gasteiger partial charge in [-0.15, -0.1) is 0 Å². The van der Waals surface area contributed by atoms with E-state index in [1.807, 2.05) is 45.0 Å². The minimum Gasteiger partial charge on any atom is -0.349 e. The summed E-state index contributed by atoms with van der Waals surface area (Å²) in [6.07, 6.45) is 1.06. The first-order valence-corrected chi connectivity index (χ1v) is 9.46. The minimum absolute atomic E-state index is 0.0846. The Kier molecular flexibility index (Phi) is 5.47. The molecule has 0 saturated carbocycles. The Morgan fingerprint density at radius 1 is 1.27 bits per heavy atom. The topological polar surface area (TPSA) is 70.2 Å². The van der Waals surface area contributed by atoms with Gasteiger partial charge < -0.3 is 16.0 Å². The van der Waals surface area contributed by atoms with Crippen molar-refractivity contribution in [1.82, 2.24) is 16.0 Å². The maximum atomic E-state index is 12.6. The van der Waals surface area contributed by atoms with Crippen molar-refractivity contribution in [3.05, 3.63) is 46.5 Å². The Morgan fingerprint density at radius 3 is 2.65 bits per heavy atom. The molecule has 26 heavy (non-hydrogen) atoms. The predicted molar refractivity (Wildman–Crippen MR) is 103 cm³/mol. The Bertz CT molecular complexity index is 723. The lowest BCUT2D eigenvalue weighted by Gasteiger charge is -2.42. The SMILES string of the molecule is CC1=C(CC(=O)N[C@@H](C)c2ccc(C)cc2)C(=O)NC2CCNC(C)C12. The van der Waals surface area contributed by atoms with Gasteiger partial charge in [-0.2, -0.15) is 0 Å². The van der Waals surface area contributed by atoms with E-state index in [0.29, 0.717) is 11.6 Å². The molecule has 5 nitrogen and oxygen atoms in total. The van der Waals surface area contributed by atoms with Crippen LogP contribution >= 0.6 is 0 Å². The summed E-state index contributed by atoms with van der Waals surface area (Å²) in [6.45, 7) is 9.08. The number of nitrogens with one attached hydrogen (secondary N) is 3. The first-order chi connectivity index (χ1) is 12.4. The van der Waals surface area contributed by atoms with E-state index in [4.69, 9.17) is 0 Å². The fourth-order valence-corrected chi connectivity index (χ4v) is 4.21. The van der Waals surface area contributed by atoms with Gasteiger partial charge in [0.15, 0.2) is 0 Å². The number of hydrogen-bond acceptors (Lipinski definition) is 3. The summed E-state index contributed by atoms with van der Waals surface area (Å²) < 4.78 is 0. The van der Waals surface area contributed by atoms with Gasteiger partial charge in [0, 0.05) is 23.6 Å². The molecule has 1 aromatic rings. The summed E-state index contributed by atoms with van der Waals surface area (Å²) in [5.74, 6) is 0.0622. The standard InChI is InChI=1S/C21H29N3O2/c1-12-5-7-16(8-6-12)14(3)23-19(25)11-17-13(2)20-15(4)22-10-9-18(20)24-21(17)26/h5-8,14-15,18,20,22H,9-11H2,1-4H3,(H,23,25)(H,24,26)/t14-,15?,18?,20?/m0/s1. The highest BCUT2D eigenvalue weighted by Gasteiger charge is 2.39. The molecule has 3 unspecified atom stereocenters. The average molecular weight is 355 g/mol. The number of aryl methyl sites for hydroxylation is 1. The summed E-state index contributed by atoms with van der Waals surface area (Å²) in [5.41, 5.74) is 3.93. The monoisotopic (exact) mass is 355 g/mol. The van der Waals surface area contributed by atoms with Crippen LogP contribution < -0.4 is 16.0 Å². The van der Waals surface area contributed by atoms with Crippen LogP contribution in [0.4, 0.5) is 0 Å². The van der Waals surface area contributed by atoms with Gasteiger partial charge in [0.25, 0.3) is 0 Å². The second-order valence-electron chi connectivity index (χ2n) is 7.68. The summed E-state index contributed by atoms with van der Waals surface area (Å²) in [7, 11) is 0. The lowest BCUT2D eigenvalue weighted by molar-refractivity contribution is -0.124. The van der Waals surface area contributed by atoms with Gasteiger partial charge in [-0.25, -0.2) is 0 Å². The van der Waals surface area contributed by atoms with E-state index in [1.165, 1.54) is 5.56 Å². The van der Waals surface area contributed by atoms with E-state index in [1.54, 1.807) is 0 Å². The maximum Gasteiger partial charge on any atom is 0.247 e. The first kappa shape index (κ1) is 18.6. The fraction of sp³-hybridized carbons (Fsp3) is 0.524. The average Bonchev–Trinajstić information content (AvgIpc) is 2.59. The van der Waals surface area contributed by atoms with Crippen LogP contribution in [0.2, 0.25) is 0 Å². The summed E-state index contributed by atoms with van der Waals surface area (Å²) >= 11 is 0. The second-order valence-corrected chi connectivity index (χ2v) is 7.68. The van der Waals surface area contributed by atoms with Crippen LogP contribution in [0, 0.1) is 12.8 Å². The number of carbonyl (C=O) groups is 2. The van der Waals surface area contributed by atoms with Crippen LogP contribution in [0.15, 0.2) is 35.4 Å². The van der Waals surface area contributed by atoms with Crippen molar-refractivity contribution in [2.75, 3.05) is 6.54 Å². The Hall–Kier alpha value is -2.14. The second kappa shape index (κ2) is 7.62. The summed E-state index contributed by atoms with van der Waals surface area (Å²) in [6, 6.07) is 8.53. The van der Waals surface area contributed by atoms with Crippen molar-refractivity contribution in [2.45, 2.75) is 58.7 Å². The van der Waals surface area contributed by atoms with Crippen molar-refractivity contribution in [3.8, 4) is 0 Å². The molecule has 2 aliphatic rings.